The van der Waals surface area contributed by atoms with Crippen LogP contribution < -0.4 is 0 Å². The highest BCUT2D eigenvalue weighted by atomic mass is 16.6. The number of unbranched alkanes of at least 4 members (excludes halogenated alkanes) is 1. The first-order valence-corrected chi connectivity index (χ1v) is 8.03. The Hall–Kier alpha value is -1.51. The Morgan fingerprint density at radius 2 is 2.00 bits per heavy atom. The van der Waals surface area contributed by atoms with Crippen molar-refractivity contribution in [3.63, 3.8) is 0 Å². The van der Waals surface area contributed by atoms with Crippen LogP contribution in [-0.4, -0.2) is 17.6 Å². The molecule has 0 aliphatic carbocycles. The topological polar surface area (TPSA) is 29.5 Å². The lowest BCUT2D eigenvalue weighted by Gasteiger charge is -2.35. The van der Waals surface area contributed by atoms with Gasteiger partial charge in [0.05, 0.1) is 17.7 Å². The van der Waals surface area contributed by atoms with Crippen LogP contribution in [0.2, 0.25) is 0 Å². The molecule has 0 unspecified atom stereocenters. The molecule has 21 heavy (non-hydrogen) atoms. The van der Waals surface area contributed by atoms with Crippen molar-refractivity contribution in [3.8, 4) is 0 Å². The summed E-state index contributed by atoms with van der Waals surface area (Å²) in [5, 5.41) is 0. The molecule has 1 saturated heterocycles. The molecule has 1 amide bonds. The zero-order valence-corrected chi connectivity index (χ0v) is 13.5. The van der Waals surface area contributed by atoms with Crippen molar-refractivity contribution in [2.75, 3.05) is 6.61 Å². The third kappa shape index (κ3) is 1.82. The fourth-order valence-electron chi connectivity index (χ4n) is 4.35. The first-order chi connectivity index (χ1) is 9.95. The van der Waals surface area contributed by atoms with E-state index in [1.807, 2.05) is 4.90 Å². The molecule has 0 spiro atoms. The van der Waals surface area contributed by atoms with Crippen LogP contribution >= 0.6 is 0 Å². The fraction of sp³-hybridized carbons (Fsp3) is 0.611. The lowest BCUT2D eigenvalue weighted by atomic mass is 9.76. The standard InChI is InChI=1S/C18H25NO2/c1-5-6-12-21-16(20)19-17(3)10-11-18(19,4)15-13(2)8-7-9-14(15)17/h7-9H,5-6,10-12H2,1-4H3/t17-,18+/m0/s1. The van der Waals surface area contributed by atoms with E-state index in [1.165, 1.54) is 16.7 Å². The number of benzene rings is 1. The maximum Gasteiger partial charge on any atom is 0.411 e. The zero-order valence-electron chi connectivity index (χ0n) is 13.5. The molecule has 1 aromatic carbocycles. The highest BCUT2D eigenvalue weighted by Gasteiger charge is 2.62. The number of hydrogen-bond donors (Lipinski definition) is 0. The molecule has 0 aromatic heterocycles. The van der Waals surface area contributed by atoms with Gasteiger partial charge in [-0.25, -0.2) is 4.79 Å². The molecule has 3 nitrogen and oxygen atoms in total. The first kappa shape index (κ1) is 14.4. The van der Waals surface area contributed by atoms with Crippen molar-refractivity contribution in [3.05, 3.63) is 34.9 Å². The summed E-state index contributed by atoms with van der Waals surface area (Å²) in [5.41, 5.74) is 3.51. The second-order valence-electron chi connectivity index (χ2n) is 6.85. The van der Waals surface area contributed by atoms with E-state index in [1.54, 1.807) is 0 Å². The molecule has 2 bridgehead atoms. The minimum Gasteiger partial charge on any atom is -0.449 e. The summed E-state index contributed by atoms with van der Waals surface area (Å²) in [6.45, 7) is 9.15. The van der Waals surface area contributed by atoms with E-state index < -0.39 is 0 Å². The van der Waals surface area contributed by atoms with Gasteiger partial charge < -0.3 is 4.74 Å². The second-order valence-corrected chi connectivity index (χ2v) is 6.85. The average Bonchev–Trinajstić information content (AvgIpc) is 2.82. The van der Waals surface area contributed by atoms with Gasteiger partial charge in [0.25, 0.3) is 0 Å². The van der Waals surface area contributed by atoms with Crippen LogP contribution in [0.15, 0.2) is 18.2 Å². The molecule has 2 aliphatic rings. The van der Waals surface area contributed by atoms with Crippen molar-refractivity contribution in [2.45, 2.75) is 64.5 Å². The maximum atomic E-state index is 12.7. The van der Waals surface area contributed by atoms with Gasteiger partial charge in [-0.15, -0.1) is 0 Å². The van der Waals surface area contributed by atoms with Crippen molar-refractivity contribution in [1.29, 1.82) is 0 Å². The van der Waals surface area contributed by atoms with E-state index in [0.717, 1.165) is 25.7 Å². The summed E-state index contributed by atoms with van der Waals surface area (Å²) in [4.78, 5) is 14.7. The summed E-state index contributed by atoms with van der Waals surface area (Å²) < 4.78 is 5.54. The lowest BCUT2D eigenvalue weighted by molar-refractivity contribution is 0.0424. The number of amides is 1. The van der Waals surface area contributed by atoms with E-state index in [0.29, 0.717) is 6.61 Å². The van der Waals surface area contributed by atoms with Crippen LogP contribution in [0.4, 0.5) is 4.79 Å². The van der Waals surface area contributed by atoms with Gasteiger partial charge in [-0.2, -0.15) is 0 Å². The van der Waals surface area contributed by atoms with Crippen molar-refractivity contribution >= 4 is 6.09 Å². The van der Waals surface area contributed by atoms with Gasteiger partial charge in [0, 0.05) is 0 Å². The molecule has 3 heteroatoms. The van der Waals surface area contributed by atoms with Gasteiger partial charge in [-0.05, 0) is 56.7 Å². The van der Waals surface area contributed by atoms with Crippen LogP contribution in [-0.2, 0) is 15.8 Å². The monoisotopic (exact) mass is 287 g/mol. The smallest absolute Gasteiger partial charge is 0.411 e. The number of aryl methyl sites for hydroxylation is 1. The van der Waals surface area contributed by atoms with Gasteiger partial charge in [-0.3, -0.25) is 4.90 Å². The molecule has 3 rings (SSSR count). The van der Waals surface area contributed by atoms with Gasteiger partial charge in [0.1, 0.15) is 0 Å². The Kier molecular flexibility index (Phi) is 3.27. The van der Waals surface area contributed by atoms with Gasteiger partial charge >= 0.3 is 6.09 Å². The maximum absolute atomic E-state index is 12.7. The SMILES string of the molecule is CCCCOC(=O)N1[C@@]2(C)CC[C@]1(C)c1c(C)cccc12. The molecular formula is C18H25NO2. The van der Waals surface area contributed by atoms with Crippen LogP contribution in [0.5, 0.6) is 0 Å². The lowest BCUT2D eigenvalue weighted by Crippen LogP contribution is -2.46. The second kappa shape index (κ2) is 4.75. The summed E-state index contributed by atoms with van der Waals surface area (Å²) >= 11 is 0. The Labute approximate surface area is 127 Å². The van der Waals surface area contributed by atoms with Crippen LogP contribution in [0.25, 0.3) is 0 Å². The highest BCUT2D eigenvalue weighted by molar-refractivity contribution is 5.74. The number of nitrogens with zero attached hydrogens (tertiary/aromatic N) is 1. The Balaban J connectivity index is 1.98. The molecular weight excluding hydrogens is 262 g/mol. The highest BCUT2D eigenvalue weighted by Crippen LogP contribution is 2.61. The molecule has 2 heterocycles. The molecule has 1 fully saturated rings. The third-order valence-electron chi connectivity index (χ3n) is 5.38. The van der Waals surface area contributed by atoms with E-state index in [9.17, 15) is 4.79 Å². The number of ether oxygens (including phenoxy) is 1. The van der Waals surface area contributed by atoms with Crippen LogP contribution in [0.1, 0.15) is 63.1 Å². The molecule has 0 radical (unpaired) electrons. The minimum atomic E-state index is -0.210. The zero-order chi connectivity index (χ0) is 15.3. The quantitative estimate of drug-likeness (QED) is 0.768. The molecule has 1 aromatic rings. The van der Waals surface area contributed by atoms with E-state index >= 15 is 0 Å². The Morgan fingerprint density at radius 3 is 2.67 bits per heavy atom. The van der Waals surface area contributed by atoms with Crippen molar-refractivity contribution < 1.29 is 9.53 Å². The number of rotatable bonds is 3. The molecule has 2 atom stereocenters. The number of carbonyl (C=O) groups is 1. The van der Waals surface area contributed by atoms with Gasteiger partial charge in [0.15, 0.2) is 0 Å². The molecule has 2 aliphatic heterocycles. The minimum absolute atomic E-state index is 0.151. The summed E-state index contributed by atoms with van der Waals surface area (Å²) in [6, 6.07) is 6.43. The van der Waals surface area contributed by atoms with Gasteiger partial charge in [-0.1, -0.05) is 31.5 Å². The normalized spacial score (nSPS) is 29.6. The van der Waals surface area contributed by atoms with Crippen LogP contribution in [0, 0.1) is 6.92 Å². The predicted octanol–water partition coefficient (Wildman–Crippen LogP) is 4.47. The molecule has 0 saturated carbocycles. The summed E-state index contributed by atoms with van der Waals surface area (Å²) in [5.74, 6) is 0. The number of fused-ring (bicyclic) bond motifs is 5. The van der Waals surface area contributed by atoms with Crippen molar-refractivity contribution in [2.24, 2.45) is 0 Å². The number of hydrogen-bond acceptors (Lipinski definition) is 2. The van der Waals surface area contributed by atoms with E-state index in [2.05, 4.69) is 45.9 Å². The largest absolute Gasteiger partial charge is 0.449 e. The van der Waals surface area contributed by atoms with E-state index in [4.69, 9.17) is 4.74 Å². The Morgan fingerprint density at radius 1 is 1.29 bits per heavy atom. The summed E-state index contributed by atoms with van der Waals surface area (Å²) in [6.07, 6.45) is 3.86. The summed E-state index contributed by atoms with van der Waals surface area (Å²) in [7, 11) is 0. The average molecular weight is 287 g/mol. The van der Waals surface area contributed by atoms with E-state index in [-0.39, 0.29) is 17.2 Å². The van der Waals surface area contributed by atoms with Crippen molar-refractivity contribution in [1.82, 2.24) is 4.90 Å². The third-order valence-corrected chi connectivity index (χ3v) is 5.38. The number of carbonyl (C=O) groups excluding carboxylic acids is 1. The first-order valence-electron chi connectivity index (χ1n) is 8.03. The fourth-order valence-corrected chi connectivity index (χ4v) is 4.35. The Bertz CT molecular complexity index is 583. The molecule has 114 valence electrons. The molecule has 0 N–H and O–H groups in total. The van der Waals surface area contributed by atoms with Gasteiger partial charge in [0.2, 0.25) is 0 Å². The van der Waals surface area contributed by atoms with Crippen LogP contribution in [0.3, 0.4) is 0 Å². The predicted molar refractivity (Wildman–Crippen MR) is 83.2 cm³/mol.